The minimum Gasteiger partial charge on any atom is -0.359 e. The number of hydrogen-bond donors (Lipinski definition) is 2. The second kappa shape index (κ2) is 8.62. The summed E-state index contributed by atoms with van der Waals surface area (Å²) in [6.45, 7) is 1.03. The van der Waals surface area contributed by atoms with Crippen molar-refractivity contribution in [2.24, 2.45) is 0 Å². The highest BCUT2D eigenvalue weighted by molar-refractivity contribution is 6.04. The number of carbonyl (C=O) groups is 2. The van der Waals surface area contributed by atoms with Gasteiger partial charge in [-0.25, -0.2) is 0 Å². The molecule has 132 valence electrons. The van der Waals surface area contributed by atoms with Gasteiger partial charge in [0.15, 0.2) is 0 Å². The third-order valence-electron chi connectivity index (χ3n) is 4.00. The Labute approximate surface area is 151 Å². The van der Waals surface area contributed by atoms with Gasteiger partial charge in [-0.2, -0.15) is 5.10 Å². The first-order chi connectivity index (χ1) is 12.8. The first-order valence-electron chi connectivity index (χ1n) is 8.44. The van der Waals surface area contributed by atoms with E-state index in [2.05, 4.69) is 15.5 Å². The zero-order valence-corrected chi connectivity index (χ0v) is 14.3. The van der Waals surface area contributed by atoms with Crippen LogP contribution in [0, 0.1) is 0 Å². The summed E-state index contributed by atoms with van der Waals surface area (Å²) in [7, 11) is 0. The predicted molar refractivity (Wildman–Crippen MR) is 103 cm³/mol. The molecule has 0 aliphatic carbocycles. The molecule has 0 saturated heterocycles. The number of fused-ring (bicyclic) bond motifs is 1. The van der Waals surface area contributed by atoms with Crippen molar-refractivity contribution in [2.45, 2.75) is 6.42 Å². The highest BCUT2D eigenvalue weighted by Crippen LogP contribution is 2.18. The number of nitrogens with one attached hydrogen (secondary N) is 2. The molecular formula is C20H20N4O2. The van der Waals surface area contributed by atoms with Crippen LogP contribution in [-0.4, -0.2) is 35.6 Å². The number of nitrogens with zero attached hydrogens (tertiary/aromatic N) is 2. The lowest BCUT2D eigenvalue weighted by Gasteiger charge is -2.21. The van der Waals surface area contributed by atoms with E-state index in [4.69, 9.17) is 0 Å². The maximum Gasteiger partial charge on any atom is 0.251 e. The van der Waals surface area contributed by atoms with E-state index in [1.807, 2.05) is 54.6 Å². The Morgan fingerprint density at radius 1 is 1.12 bits per heavy atom. The van der Waals surface area contributed by atoms with Gasteiger partial charge in [-0.05, 0) is 30.7 Å². The number of benzene rings is 2. The summed E-state index contributed by atoms with van der Waals surface area (Å²) in [4.78, 5) is 24.8. The zero-order valence-electron chi connectivity index (χ0n) is 14.3. The maximum absolute atomic E-state index is 12.7. The van der Waals surface area contributed by atoms with E-state index in [9.17, 15) is 9.59 Å². The fourth-order valence-corrected chi connectivity index (χ4v) is 2.72. The largest absolute Gasteiger partial charge is 0.359 e. The summed E-state index contributed by atoms with van der Waals surface area (Å²) in [6.07, 6.45) is 4.58. The van der Waals surface area contributed by atoms with E-state index in [-0.39, 0.29) is 5.91 Å². The minimum absolute atomic E-state index is 0.130. The van der Waals surface area contributed by atoms with Crippen LogP contribution >= 0.6 is 0 Å². The highest BCUT2D eigenvalue weighted by atomic mass is 16.2. The second-order valence-corrected chi connectivity index (χ2v) is 5.74. The van der Waals surface area contributed by atoms with Gasteiger partial charge in [0.2, 0.25) is 6.41 Å². The summed E-state index contributed by atoms with van der Waals surface area (Å²) in [6, 6.07) is 17.3. The molecule has 3 aromatic rings. The molecule has 2 N–H and O–H groups in total. The number of carbonyl (C=O) groups excluding carboxylic acids is 2. The van der Waals surface area contributed by atoms with Crippen LogP contribution in [0.15, 0.2) is 60.7 Å². The first-order valence-corrected chi connectivity index (χ1v) is 8.44. The van der Waals surface area contributed by atoms with Gasteiger partial charge in [0, 0.05) is 30.2 Å². The Morgan fingerprint density at radius 3 is 2.69 bits per heavy atom. The molecule has 2 amide bonds. The number of anilines is 1. The van der Waals surface area contributed by atoms with E-state index in [0.717, 1.165) is 22.3 Å². The Kier molecular flexibility index (Phi) is 5.77. The quantitative estimate of drug-likeness (QED) is 0.373. The fourth-order valence-electron chi connectivity index (χ4n) is 2.72. The molecule has 0 aliphatic rings. The van der Waals surface area contributed by atoms with Crippen LogP contribution in [0.5, 0.6) is 0 Å². The van der Waals surface area contributed by atoms with Crippen molar-refractivity contribution in [3.63, 3.8) is 0 Å². The molecule has 0 fully saturated rings. The molecule has 0 saturated carbocycles. The van der Waals surface area contributed by atoms with Crippen LogP contribution in [0.25, 0.3) is 17.0 Å². The third kappa shape index (κ3) is 4.16. The Morgan fingerprint density at radius 2 is 1.88 bits per heavy atom. The second-order valence-electron chi connectivity index (χ2n) is 5.74. The summed E-state index contributed by atoms with van der Waals surface area (Å²) >= 11 is 0. The lowest BCUT2D eigenvalue weighted by atomic mass is 10.2. The Balaban J connectivity index is 1.77. The van der Waals surface area contributed by atoms with Gasteiger partial charge < -0.3 is 10.2 Å². The molecule has 0 atom stereocenters. The SMILES string of the molecule is O=CNCCCN(C(=O)C=Cc1n[nH]c2ccccc12)c1ccccc1. The van der Waals surface area contributed by atoms with E-state index in [1.165, 1.54) is 6.08 Å². The lowest BCUT2D eigenvalue weighted by Crippen LogP contribution is -2.32. The molecule has 6 nitrogen and oxygen atoms in total. The molecule has 0 aliphatic heterocycles. The van der Waals surface area contributed by atoms with Crippen LogP contribution in [-0.2, 0) is 9.59 Å². The summed E-state index contributed by atoms with van der Waals surface area (Å²) in [5.74, 6) is -0.130. The fraction of sp³-hybridized carbons (Fsp3) is 0.150. The van der Waals surface area contributed by atoms with E-state index in [1.54, 1.807) is 11.0 Å². The van der Waals surface area contributed by atoms with Crippen molar-refractivity contribution in [3.05, 3.63) is 66.4 Å². The smallest absolute Gasteiger partial charge is 0.251 e. The van der Waals surface area contributed by atoms with Crippen molar-refractivity contribution in [1.29, 1.82) is 0 Å². The number of amides is 2. The number of aromatic nitrogens is 2. The molecular weight excluding hydrogens is 328 g/mol. The van der Waals surface area contributed by atoms with Crippen molar-refractivity contribution in [2.75, 3.05) is 18.0 Å². The standard InChI is InChI=1S/C20H20N4O2/c25-15-21-13-6-14-24(16-7-2-1-3-8-16)20(26)12-11-19-17-9-4-5-10-18(17)22-23-19/h1-5,7-12,15H,6,13-14H2,(H,21,25)(H,22,23). The molecule has 0 bridgehead atoms. The predicted octanol–water partition coefficient (Wildman–Crippen LogP) is 2.75. The summed E-state index contributed by atoms with van der Waals surface area (Å²) in [5, 5.41) is 10.8. The molecule has 2 aromatic carbocycles. The van der Waals surface area contributed by atoms with Gasteiger partial charge in [0.1, 0.15) is 0 Å². The zero-order chi connectivity index (χ0) is 18.2. The number of hydrogen-bond acceptors (Lipinski definition) is 3. The van der Waals surface area contributed by atoms with E-state index in [0.29, 0.717) is 25.9 Å². The topological polar surface area (TPSA) is 78.1 Å². The maximum atomic E-state index is 12.7. The van der Waals surface area contributed by atoms with Gasteiger partial charge >= 0.3 is 0 Å². The van der Waals surface area contributed by atoms with Crippen LogP contribution in [0.3, 0.4) is 0 Å². The molecule has 1 heterocycles. The number of aromatic amines is 1. The van der Waals surface area contributed by atoms with Crippen LogP contribution < -0.4 is 10.2 Å². The van der Waals surface area contributed by atoms with Crippen molar-refractivity contribution in [3.8, 4) is 0 Å². The van der Waals surface area contributed by atoms with Gasteiger partial charge in [0.05, 0.1) is 11.2 Å². The van der Waals surface area contributed by atoms with Crippen molar-refractivity contribution < 1.29 is 9.59 Å². The molecule has 0 spiro atoms. The average Bonchev–Trinajstić information content (AvgIpc) is 3.10. The highest BCUT2D eigenvalue weighted by Gasteiger charge is 2.13. The molecule has 3 rings (SSSR count). The lowest BCUT2D eigenvalue weighted by molar-refractivity contribution is -0.114. The number of rotatable bonds is 8. The van der Waals surface area contributed by atoms with Gasteiger partial charge in [-0.15, -0.1) is 0 Å². The molecule has 1 aromatic heterocycles. The van der Waals surface area contributed by atoms with Crippen LogP contribution in [0.2, 0.25) is 0 Å². The molecule has 6 heteroatoms. The van der Waals surface area contributed by atoms with Gasteiger partial charge in [0.25, 0.3) is 5.91 Å². The van der Waals surface area contributed by atoms with E-state index >= 15 is 0 Å². The number of H-pyrrole nitrogens is 1. The Bertz CT molecular complexity index is 902. The number of para-hydroxylation sites is 2. The van der Waals surface area contributed by atoms with E-state index < -0.39 is 0 Å². The van der Waals surface area contributed by atoms with Crippen LogP contribution in [0.4, 0.5) is 5.69 Å². The first kappa shape index (κ1) is 17.4. The third-order valence-corrected chi connectivity index (χ3v) is 4.00. The molecule has 0 unspecified atom stereocenters. The monoisotopic (exact) mass is 348 g/mol. The summed E-state index contributed by atoms with van der Waals surface area (Å²) < 4.78 is 0. The van der Waals surface area contributed by atoms with Gasteiger partial charge in [-0.3, -0.25) is 14.7 Å². The van der Waals surface area contributed by atoms with Crippen molar-refractivity contribution >= 4 is 35.0 Å². The van der Waals surface area contributed by atoms with Crippen LogP contribution in [0.1, 0.15) is 12.1 Å². The molecule has 0 radical (unpaired) electrons. The van der Waals surface area contributed by atoms with Gasteiger partial charge in [-0.1, -0.05) is 36.4 Å². The molecule has 26 heavy (non-hydrogen) atoms. The normalized spacial score (nSPS) is 10.9. The van der Waals surface area contributed by atoms with Crippen molar-refractivity contribution in [1.82, 2.24) is 15.5 Å². The average molecular weight is 348 g/mol. The minimum atomic E-state index is -0.130. The summed E-state index contributed by atoms with van der Waals surface area (Å²) in [5.41, 5.74) is 2.48. The Hall–Kier alpha value is -3.41.